The van der Waals surface area contributed by atoms with Crippen molar-refractivity contribution < 1.29 is 19.4 Å². The number of hydrogen-bond acceptors (Lipinski definition) is 11. The molecule has 216 valence electrons. The van der Waals surface area contributed by atoms with Gasteiger partial charge < -0.3 is 24.8 Å². The van der Waals surface area contributed by atoms with Gasteiger partial charge in [0.05, 0.1) is 24.9 Å². The fraction of sp³-hybridized carbons (Fsp3) is 0.345. The minimum Gasteiger partial charge on any atom is -0.495 e. The molecule has 4 aromatic rings. The van der Waals surface area contributed by atoms with Crippen LogP contribution < -0.4 is 14.8 Å². The first-order valence-corrected chi connectivity index (χ1v) is 13.5. The van der Waals surface area contributed by atoms with E-state index < -0.39 is 6.61 Å². The normalized spacial score (nSPS) is 14.2. The molecule has 1 saturated heterocycles. The molecule has 1 amide bonds. The topological polar surface area (TPSA) is 164 Å². The third-order valence-corrected chi connectivity index (χ3v) is 7.18. The number of piperidine rings is 1. The van der Waals surface area contributed by atoms with Gasteiger partial charge >= 0.3 is 0 Å². The minimum atomic E-state index is -0.450. The molecule has 1 aliphatic rings. The second kappa shape index (κ2) is 13.0. The van der Waals surface area contributed by atoms with Crippen molar-refractivity contribution in [3.05, 3.63) is 66.2 Å². The largest absolute Gasteiger partial charge is 0.495 e. The fourth-order valence-corrected chi connectivity index (χ4v) is 4.96. The lowest BCUT2D eigenvalue weighted by Crippen LogP contribution is -2.39. The van der Waals surface area contributed by atoms with Crippen LogP contribution in [0, 0.1) is 11.3 Å². The average Bonchev–Trinajstić information content (AvgIpc) is 3.54. The molecular weight excluding hydrogens is 538 g/mol. The zero-order valence-corrected chi connectivity index (χ0v) is 23.3. The van der Waals surface area contributed by atoms with Gasteiger partial charge in [0.1, 0.15) is 36.6 Å². The molecule has 2 N–H and O–H groups in total. The lowest BCUT2D eigenvalue weighted by molar-refractivity contribution is -0.135. The van der Waals surface area contributed by atoms with Crippen molar-refractivity contribution in [1.29, 1.82) is 5.26 Å². The number of methoxy groups -OCH3 is 1. The molecule has 0 radical (unpaired) electrons. The Labute approximate surface area is 242 Å². The predicted molar refractivity (Wildman–Crippen MR) is 152 cm³/mol. The Bertz CT molecular complexity index is 1550. The smallest absolute Gasteiger partial charge is 0.248 e. The predicted octanol–water partition coefficient (Wildman–Crippen LogP) is 2.92. The van der Waals surface area contributed by atoms with E-state index in [1.807, 2.05) is 31.2 Å². The first kappa shape index (κ1) is 28.4. The zero-order valence-electron chi connectivity index (χ0n) is 23.3. The van der Waals surface area contributed by atoms with Gasteiger partial charge in [-0.1, -0.05) is 12.1 Å². The fourth-order valence-electron chi connectivity index (χ4n) is 4.96. The van der Waals surface area contributed by atoms with Gasteiger partial charge in [-0.05, 0) is 71.5 Å². The monoisotopic (exact) mass is 569 g/mol. The highest BCUT2D eigenvalue weighted by atomic mass is 16.5. The van der Waals surface area contributed by atoms with Gasteiger partial charge in [0.25, 0.3) is 0 Å². The number of nitriles is 1. The van der Waals surface area contributed by atoms with Gasteiger partial charge in [-0.25, -0.2) is 14.6 Å². The first-order valence-electron chi connectivity index (χ1n) is 13.5. The molecule has 1 atom stereocenters. The van der Waals surface area contributed by atoms with E-state index in [1.54, 1.807) is 41.2 Å². The van der Waals surface area contributed by atoms with E-state index >= 15 is 0 Å². The average molecular weight is 570 g/mol. The summed E-state index contributed by atoms with van der Waals surface area (Å²) in [4.78, 5) is 22.4. The number of aliphatic hydroxyl groups is 1. The van der Waals surface area contributed by atoms with Crippen LogP contribution in [0.2, 0.25) is 0 Å². The van der Waals surface area contributed by atoms with Crippen LogP contribution in [0.1, 0.15) is 36.8 Å². The maximum Gasteiger partial charge on any atom is 0.248 e. The zero-order chi connectivity index (χ0) is 29.5. The molecule has 13 heteroatoms. The van der Waals surface area contributed by atoms with E-state index in [4.69, 9.17) is 14.6 Å². The SMILES string of the molecule is COc1cc(C2CCN(C(=O)CO)CC2)ccc1Nc1ncc(-c2ccc(C#N)c(OC(C)Cn3cnnn3)c2)cn1. The summed E-state index contributed by atoms with van der Waals surface area (Å²) in [6.07, 6.45) is 6.29. The van der Waals surface area contributed by atoms with Crippen LogP contribution in [-0.4, -0.2) is 79.0 Å². The van der Waals surface area contributed by atoms with Crippen molar-refractivity contribution >= 4 is 17.5 Å². The second-order valence-corrected chi connectivity index (χ2v) is 9.98. The number of likely N-dealkylation sites (tertiary alicyclic amines) is 1. The minimum absolute atomic E-state index is 0.225. The highest BCUT2D eigenvalue weighted by Gasteiger charge is 2.24. The summed E-state index contributed by atoms with van der Waals surface area (Å²) >= 11 is 0. The number of carbonyl (C=O) groups is 1. The Morgan fingerprint density at radius 3 is 2.60 bits per heavy atom. The van der Waals surface area contributed by atoms with Crippen LogP contribution in [0.25, 0.3) is 11.1 Å². The van der Waals surface area contributed by atoms with E-state index in [1.165, 1.54) is 6.33 Å². The lowest BCUT2D eigenvalue weighted by Gasteiger charge is -2.32. The standard InChI is InChI=1S/C29H31N9O4/c1-19(16-38-18-33-35-36-38)42-26-11-22(3-4-23(26)13-30)24-14-31-29(32-15-24)34-25-6-5-21(12-27(25)41-2)20-7-9-37(10-8-20)28(40)17-39/h3-6,11-12,14-15,18-20,39H,7-10,16-17H2,1-2H3,(H,31,32,34). The van der Waals surface area contributed by atoms with Crippen LogP contribution in [0.5, 0.6) is 11.5 Å². The van der Waals surface area contributed by atoms with E-state index in [2.05, 4.69) is 36.9 Å². The number of aliphatic hydroxyl groups excluding tert-OH is 1. The molecule has 0 bridgehead atoms. The number of amides is 1. The van der Waals surface area contributed by atoms with E-state index in [9.17, 15) is 10.1 Å². The number of carbonyl (C=O) groups excluding carboxylic acids is 1. The molecule has 1 fully saturated rings. The number of benzene rings is 2. The quantitative estimate of drug-likeness (QED) is 0.288. The summed E-state index contributed by atoms with van der Waals surface area (Å²) in [7, 11) is 1.62. The van der Waals surface area contributed by atoms with Gasteiger partial charge in [-0.15, -0.1) is 5.10 Å². The molecule has 2 aromatic carbocycles. The van der Waals surface area contributed by atoms with Crippen molar-refractivity contribution in [1.82, 2.24) is 35.1 Å². The highest BCUT2D eigenvalue weighted by Crippen LogP contribution is 2.35. The van der Waals surface area contributed by atoms with Crippen molar-refractivity contribution in [2.24, 2.45) is 0 Å². The van der Waals surface area contributed by atoms with E-state index in [0.29, 0.717) is 48.6 Å². The summed E-state index contributed by atoms with van der Waals surface area (Å²) in [5, 5.41) is 33.0. The van der Waals surface area contributed by atoms with Gasteiger partial charge in [0.15, 0.2) is 0 Å². The maximum absolute atomic E-state index is 11.8. The molecule has 0 saturated carbocycles. The van der Waals surface area contributed by atoms with Crippen molar-refractivity contribution in [2.45, 2.75) is 38.3 Å². The summed E-state index contributed by atoms with van der Waals surface area (Å²) < 4.78 is 13.3. The van der Waals surface area contributed by atoms with Gasteiger partial charge in [-0.3, -0.25) is 4.79 Å². The first-order chi connectivity index (χ1) is 20.5. The van der Waals surface area contributed by atoms with Crippen LogP contribution in [0.3, 0.4) is 0 Å². The Kier molecular flexibility index (Phi) is 8.84. The highest BCUT2D eigenvalue weighted by molar-refractivity contribution is 5.77. The molecule has 1 unspecified atom stereocenters. The second-order valence-electron chi connectivity index (χ2n) is 9.98. The van der Waals surface area contributed by atoms with Crippen molar-refractivity contribution in [3.63, 3.8) is 0 Å². The molecule has 2 aromatic heterocycles. The molecule has 0 aliphatic carbocycles. The Morgan fingerprint density at radius 2 is 1.93 bits per heavy atom. The Balaban J connectivity index is 1.26. The molecule has 1 aliphatic heterocycles. The summed E-state index contributed by atoms with van der Waals surface area (Å²) in [6, 6.07) is 13.5. The van der Waals surface area contributed by atoms with E-state index in [-0.39, 0.29) is 12.0 Å². The van der Waals surface area contributed by atoms with Gasteiger partial charge in [0.2, 0.25) is 11.9 Å². The number of hydrogen-bond donors (Lipinski definition) is 2. The molecule has 0 spiro atoms. The number of ether oxygens (including phenoxy) is 2. The van der Waals surface area contributed by atoms with Crippen LogP contribution >= 0.6 is 0 Å². The molecule has 3 heterocycles. The summed E-state index contributed by atoms with van der Waals surface area (Å²) in [6.45, 7) is 3.11. The third-order valence-electron chi connectivity index (χ3n) is 7.18. The Hall–Kier alpha value is -5.09. The van der Waals surface area contributed by atoms with E-state index in [0.717, 1.165) is 35.2 Å². The van der Waals surface area contributed by atoms with Gasteiger partial charge in [-0.2, -0.15) is 5.26 Å². The lowest BCUT2D eigenvalue weighted by atomic mass is 9.89. The van der Waals surface area contributed by atoms with Crippen LogP contribution in [0.15, 0.2) is 55.1 Å². The van der Waals surface area contributed by atoms with Crippen LogP contribution in [-0.2, 0) is 11.3 Å². The van der Waals surface area contributed by atoms with Crippen molar-refractivity contribution in [3.8, 4) is 28.7 Å². The number of nitrogens with one attached hydrogen (secondary N) is 1. The van der Waals surface area contributed by atoms with Crippen LogP contribution in [0.4, 0.5) is 11.6 Å². The van der Waals surface area contributed by atoms with Crippen molar-refractivity contribution in [2.75, 3.05) is 32.1 Å². The maximum atomic E-state index is 11.8. The number of rotatable bonds is 10. The number of anilines is 2. The Morgan fingerprint density at radius 1 is 1.14 bits per heavy atom. The summed E-state index contributed by atoms with van der Waals surface area (Å²) in [5.74, 6) is 1.60. The molecule has 5 rings (SSSR count). The molecular formula is C29H31N9O4. The molecule has 42 heavy (non-hydrogen) atoms. The summed E-state index contributed by atoms with van der Waals surface area (Å²) in [5.41, 5.74) is 3.85. The number of aromatic nitrogens is 6. The number of tetrazole rings is 1. The molecule has 13 nitrogen and oxygen atoms in total. The number of nitrogens with zero attached hydrogens (tertiary/aromatic N) is 8. The third kappa shape index (κ3) is 6.61. The van der Waals surface area contributed by atoms with Gasteiger partial charge in [0, 0.05) is 31.0 Å².